The minimum Gasteiger partial charge on any atom is -0.444 e. The molecular formula is C25H46N2O11. The Bertz CT molecular complexity index is 768. The number of hydrogen-bond donors (Lipinski definition) is 7. The minimum absolute atomic E-state index is 0.0924. The van der Waals surface area contributed by atoms with Gasteiger partial charge in [0.2, 0.25) is 0 Å². The normalized spacial score (nSPS) is 44.4. The quantitative estimate of drug-likeness (QED) is 0.206. The summed E-state index contributed by atoms with van der Waals surface area (Å²) in [6.07, 6.45) is -9.62. The van der Waals surface area contributed by atoms with Gasteiger partial charge < -0.3 is 60.3 Å². The highest BCUT2D eigenvalue weighted by molar-refractivity contribution is 5.68. The van der Waals surface area contributed by atoms with Crippen LogP contribution in [0.2, 0.25) is 0 Å². The zero-order valence-electron chi connectivity index (χ0n) is 22.8. The van der Waals surface area contributed by atoms with E-state index in [9.17, 15) is 30.3 Å². The SMILES string of the molecule is CCC1OC(OC2C(NC(=O)OC(C)(C)C)CC(N)C(OC3OC(CO)C(O)CC3O)C2O)C(C)CC1O. The Morgan fingerprint density at radius 2 is 1.55 bits per heavy atom. The van der Waals surface area contributed by atoms with Gasteiger partial charge in [-0.15, -0.1) is 0 Å². The molecule has 0 aromatic heterocycles. The van der Waals surface area contributed by atoms with Gasteiger partial charge in [0.1, 0.15) is 36.1 Å². The van der Waals surface area contributed by atoms with E-state index in [4.69, 9.17) is 29.4 Å². The van der Waals surface area contributed by atoms with Crippen molar-refractivity contribution in [3.8, 4) is 0 Å². The van der Waals surface area contributed by atoms with Gasteiger partial charge in [0.25, 0.3) is 0 Å². The van der Waals surface area contributed by atoms with Crippen molar-refractivity contribution < 1.29 is 54.0 Å². The monoisotopic (exact) mass is 550 g/mol. The van der Waals surface area contributed by atoms with Crippen LogP contribution >= 0.6 is 0 Å². The van der Waals surface area contributed by atoms with E-state index in [-0.39, 0.29) is 18.8 Å². The predicted octanol–water partition coefficient (Wildman–Crippen LogP) is -0.907. The van der Waals surface area contributed by atoms with E-state index in [0.717, 1.165) is 0 Å². The minimum atomic E-state index is -1.39. The van der Waals surface area contributed by atoms with Crippen molar-refractivity contribution in [2.45, 2.75) is 139 Å². The first-order valence-electron chi connectivity index (χ1n) is 13.4. The van der Waals surface area contributed by atoms with E-state index in [1.165, 1.54) is 0 Å². The zero-order chi connectivity index (χ0) is 28.4. The summed E-state index contributed by atoms with van der Waals surface area (Å²) in [5, 5.41) is 54.4. The number of nitrogens with two attached hydrogens (primary N) is 1. The topological polar surface area (TPSA) is 202 Å². The van der Waals surface area contributed by atoms with Gasteiger partial charge in [-0.3, -0.25) is 0 Å². The molecule has 1 amide bonds. The van der Waals surface area contributed by atoms with E-state index < -0.39 is 91.8 Å². The van der Waals surface area contributed by atoms with Crippen LogP contribution in [-0.4, -0.2) is 117 Å². The van der Waals surface area contributed by atoms with Crippen molar-refractivity contribution in [3.63, 3.8) is 0 Å². The maximum absolute atomic E-state index is 12.6. The second kappa shape index (κ2) is 13.0. The van der Waals surface area contributed by atoms with E-state index in [1.807, 2.05) is 13.8 Å². The van der Waals surface area contributed by atoms with Crippen molar-refractivity contribution in [2.24, 2.45) is 11.7 Å². The molecule has 0 aromatic carbocycles. The number of alkyl carbamates (subject to hydrolysis) is 1. The van der Waals surface area contributed by atoms with E-state index in [2.05, 4.69) is 5.32 Å². The largest absolute Gasteiger partial charge is 0.444 e. The predicted molar refractivity (Wildman–Crippen MR) is 133 cm³/mol. The first kappa shape index (κ1) is 31.4. The molecule has 38 heavy (non-hydrogen) atoms. The maximum Gasteiger partial charge on any atom is 0.407 e. The second-order valence-corrected chi connectivity index (χ2v) is 11.7. The van der Waals surface area contributed by atoms with Gasteiger partial charge in [0.05, 0.1) is 31.0 Å². The van der Waals surface area contributed by atoms with Crippen molar-refractivity contribution in [1.29, 1.82) is 0 Å². The number of aliphatic hydroxyl groups excluding tert-OH is 5. The van der Waals surface area contributed by atoms with E-state index in [1.54, 1.807) is 20.8 Å². The summed E-state index contributed by atoms with van der Waals surface area (Å²) < 4.78 is 29.1. The molecule has 8 N–H and O–H groups in total. The Kier molecular flexibility index (Phi) is 10.8. The van der Waals surface area contributed by atoms with Crippen molar-refractivity contribution >= 4 is 6.09 Å². The molecule has 2 heterocycles. The molecule has 2 aliphatic heterocycles. The molecule has 3 fully saturated rings. The zero-order valence-corrected chi connectivity index (χ0v) is 22.8. The van der Waals surface area contributed by atoms with Crippen molar-refractivity contribution in [3.05, 3.63) is 0 Å². The second-order valence-electron chi connectivity index (χ2n) is 11.7. The van der Waals surface area contributed by atoms with Crippen LogP contribution in [0.15, 0.2) is 0 Å². The molecule has 3 aliphatic rings. The number of rotatable bonds is 7. The molecule has 222 valence electrons. The van der Waals surface area contributed by atoms with Crippen LogP contribution in [0.4, 0.5) is 4.79 Å². The lowest BCUT2D eigenvalue weighted by molar-refractivity contribution is -0.316. The van der Waals surface area contributed by atoms with Crippen LogP contribution in [0, 0.1) is 5.92 Å². The highest BCUT2D eigenvalue weighted by Gasteiger charge is 2.50. The van der Waals surface area contributed by atoms with Crippen LogP contribution < -0.4 is 11.1 Å². The Labute approximate surface area is 223 Å². The van der Waals surface area contributed by atoms with E-state index in [0.29, 0.717) is 12.8 Å². The molecule has 13 atom stereocenters. The van der Waals surface area contributed by atoms with Gasteiger partial charge in [0, 0.05) is 18.4 Å². The molecule has 2 saturated heterocycles. The summed E-state index contributed by atoms with van der Waals surface area (Å²) in [6.45, 7) is 8.45. The molecule has 3 rings (SSSR count). The molecule has 1 aliphatic carbocycles. The van der Waals surface area contributed by atoms with Gasteiger partial charge in [0.15, 0.2) is 12.6 Å². The van der Waals surface area contributed by atoms with Gasteiger partial charge >= 0.3 is 6.09 Å². The molecule has 13 nitrogen and oxygen atoms in total. The molecule has 13 unspecified atom stereocenters. The van der Waals surface area contributed by atoms with Crippen LogP contribution in [0.3, 0.4) is 0 Å². The maximum atomic E-state index is 12.6. The highest BCUT2D eigenvalue weighted by Crippen LogP contribution is 2.34. The lowest BCUT2D eigenvalue weighted by Gasteiger charge is -2.48. The molecule has 0 bridgehead atoms. The van der Waals surface area contributed by atoms with Crippen LogP contribution in [0.25, 0.3) is 0 Å². The first-order valence-corrected chi connectivity index (χ1v) is 13.4. The fourth-order valence-corrected chi connectivity index (χ4v) is 5.23. The molecule has 13 heteroatoms. The summed E-state index contributed by atoms with van der Waals surface area (Å²) in [5.74, 6) is -0.215. The van der Waals surface area contributed by atoms with Gasteiger partial charge in [-0.05, 0) is 40.0 Å². The number of hydrogen-bond acceptors (Lipinski definition) is 12. The third-order valence-corrected chi connectivity index (χ3v) is 7.24. The molecule has 0 aromatic rings. The third kappa shape index (κ3) is 7.74. The van der Waals surface area contributed by atoms with Gasteiger partial charge in [-0.1, -0.05) is 13.8 Å². The summed E-state index contributed by atoms with van der Waals surface area (Å²) in [4.78, 5) is 12.6. The number of amides is 1. The average Bonchev–Trinajstić information content (AvgIpc) is 2.80. The van der Waals surface area contributed by atoms with Gasteiger partial charge in [-0.2, -0.15) is 0 Å². The summed E-state index contributed by atoms with van der Waals surface area (Å²) >= 11 is 0. The molecule has 1 saturated carbocycles. The van der Waals surface area contributed by atoms with Crippen LogP contribution in [0.5, 0.6) is 0 Å². The number of ether oxygens (including phenoxy) is 5. The average molecular weight is 551 g/mol. The van der Waals surface area contributed by atoms with Crippen molar-refractivity contribution in [2.75, 3.05) is 6.61 Å². The standard InChI is InChI=1S/C25H46N2O11/c1-6-17-14(29)7-11(2)22(34-17)37-21-13(27-24(33)38-25(3,4)5)8-12(26)20(19(21)32)36-23-16(31)9-15(30)18(10-28)35-23/h11-23,28-32H,6-10,26H2,1-5H3,(H,27,33). The first-order chi connectivity index (χ1) is 17.7. The molecule has 0 radical (unpaired) electrons. The lowest BCUT2D eigenvalue weighted by Crippen LogP contribution is -2.67. The molecule has 0 spiro atoms. The number of nitrogens with one attached hydrogen (secondary N) is 1. The number of carbonyl (C=O) groups excluding carboxylic acids is 1. The third-order valence-electron chi connectivity index (χ3n) is 7.24. The van der Waals surface area contributed by atoms with Crippen molar-refractivity contribution in [1.82, 2.24) is 5.32 Å². The fourth-order valence-electron chi connectivity index (χ4n) is 5.23. The number of carbonyl (C=O) groups is 1. The molecular weight excluding hydrogens is 504 g/mol. The van der Waals surface area contributed by atoms with Gasteiger partial charge in [-0.25, -0.2) is 4.79 Å². The Morgan fingerprint density at radius 3 is 2.16 bits per heavy atom. The summed E-state index contributed by atoms with van der Waals surface area (Å²) in [6, 6.07) is -1.59. The summed E-state index contributed by atoms with van der Waals surface area (Å²) in [5.41, 5.74) is 5.62. The Hall–Kier alpha value is -1.13. The van der Waals surface area contributed by atoms with E-state index >= 15 is 0 Å². The number of aliphatic hydroxyl groups is 5. The summed E-state index contributed by atoms with van der Waals surface area (Å²) in [7, 11) is 0. The Morgan fingerprint density at radius 1 is 0.947 bits per heavy atom. The van der Waals surface area contributed by atoms with Crippen LogP contribution in [0.1, 0.15) is 60.3 Å². The smallest absolute Gasteiger partial charge is 0.407 e. The fraction of sp³-hybridized carbons (Fsp3) is 0.960. The Balaban J connectivity index is 1.80. The highest BCUT2D eigenvalue weighted by atomic mass is 16.7. The van der Waals surface area contributed by atoms with Crippen LogP contribution in [-0.2, 0) is 23.7 Å². The lowest BCUT2D eigenvalue weighted by atomic mass is 9.83.